The number of hydrogen-bond donors (Lipinski definition) is 1. The van der Waals surface area contributed by atoms with Gasteiger partial charge in [-0.3, -0.25) is 0 Å². The Balaban J connectivity index is 1.33. The molecule has 1 aromatic carbocycles. The fraction of sp³-hybridized carbons (Fsp3) is 0.593. The minimum atomic E-state index is -1.69. The van der Waals surface area contributed by atoms with Gasteiger partial charge in [-0.15, -0.1) is 0 Å². The van der Waals surface area contributed by atoms with Crippen LogP contribution < -0.4 is 4.90 Å². The lowest BCUT2D eigenvalue weighted by Crippen LogP contribution is -2.48. The Hall–Kier alpha value is -2.31. The predicted molar refractivity (Wildman–Crippen MR) is 129 cm³/mol. The van der Waals surface area contributed by atoms with Crippen LogP contribution in [0.5, 0.6) is 0 Å². The van der Waals surface area contributed by atoms with E-state index in [4.69, 9.17) is 9.15 Å². The monoisotopic (exact) mass is 455 g/mol. The highest BCUT2D eigenvalue weighted by Gasteiger charge is 2.51. The minimum absolute atomic E-state index is 0.152. The van der Waals surface area contributed by atoms with Gasteiger partial charge >= 0.3 is 5.97 Å². The molecule has 1 aliphatic carbocycles. The summed E-state index contributed by atoms with van der Waals surface area (Å²) in [4.78, 5) is 15.6. The molecule has 180 valence electrons. The molecule has 1 aromatic heterocycles. The summed E-state index contributed by atoms with van der Waals surface area (Å²) in [6, 6.07) is 13.9. The van der Waals surface area contributed by atoms with Crippen LogP contribution in [-0.4, -0.2) is 61.9 Å². The number of hydrogen-bond acceptors (Lipinski definition) is 5. The van der Waals surface area contributed by atoms with Crippen LogP contribution in [0.2, 0.25) is 0 Å². The molecule has 0 spiro atoms. The summed E-state index contributed by atoms with van der Waals surface area (Å²) in [5, 5.41) is 11.6. The number of carbonyl (C=O) groups is 1. The molecule has 0 radical (unpaired) electrons. The van der Waals surface area contributed by atoms with Crippen LogP contribution in [0.1, 0.15) is 50.7 Å². The summed E-state index contributed by atoms with van der Waals surface area (Å²) in [5.74, 6) is -0.370. The number of rotatable bonds is 9. The molecule has 2 aromatic rings. The van der Waals surface area contributed by atoms with Gasteiger partial charge in [0.05, 0.1) is 26.4 Å². The number of ether oxygens (including phenoxy) is 1. The Bertz CT molecular complexity index is 881. The number of anilines is 1. The van der Waals surface area contributed by atoms with Crippen LogP contribution in [0.15, 0.2) is 53.1 Å². The zero-order valence-electron chi connectivity index (χ0n) is 20.1. The number of quaternary nitrogens is 1. The number of carbonyl (C=O) groups excluding carboxylic acids is 1. The Labute approximate surface area is 197 Å². The van der Waals surface area contributed by atoms with E-state index in [0.29, 0.717) is 5.76 Å². The molecule has 4 rings (SSSR count). The summed E-state index contributed by atoms with van der Waals surface area (Å²) in [6.45, 7) is 3.80. The molecule has 2 aliphatic rings. The maximum Gasteiger partial charge on any atom is 0.346 e. The van der Waals surface area contributed by atoms with Crippen LogP contribution in [0, 0.1) is 5.92 Å². The van der Waals surface area contributed by atoms with Crippen LogP contribution in [0.4, 0.5) is 5.69 Å². The summed E-state index contributed by atoms with van der Waals surface area (Å²) >= 11 is 0. The van der Waals surface area contributed by atoms with E-state index in [-0.39, 0.29) is 12.0 Å². The van der Waals surface area contributed by atoms with Crippen molar-refractivity contribution in [3.8, 4) is 0 Å². The van der Waals surface area contributed by atoms with Crippen molar-refractivity contribution in [1.82, 2.24) is 0 Å². The normalized spacial score (nSPS) is 25.5. The minimum Gasteiger partial charge on any atom is -0.466 e. The molecule has 6 nitrogen and oxygen atoms in total. The van der Waals surface area contributed by atoms with Crippen molar-refractivity contribution in [2.24, 2.45) is 5.92 Å². The largest absolute Gasteiger partial charge is 0.466 e. The zero-order chi connectivity index (χ0) is 23.3. The van der Waals surface area contributed by atoms with Crippen LogP contribution in [-0.2, 0) is 15.1 Å². The zero-order valence-corrected chi connectivity index (χ0v) is 20.1. The lowest BCUT2D eigenvalue weighted by molar-refractivity contribution is -0.898. The third kappa shape index (κ3) is 5.44. The van der Waals surface area contributed by atoms with Crippen LogP contribution in [0.3, 0.4) is 0 Å². The van der Waals surface area contributed by atoms with E-state index < -0.39 is 11.6 Å². The van der Waals surface area contributed by atoms with E-state index in [0.717, 1.165) is 75.6 Å². The quantitative estimate of drug-likeness (QED) is 0.450. The smallest absolute Gasteiger partial charge is 0.346 e. The highest BCUT2D eigenvalue weighted by molar-refractivity contribution is 5.81. The Kier molecular flexibility index (Phi) is 7.45. The summed E-state index contributed by atoms with van der Waals surface area (Å²) in [7, 11) is 4.38. The highest BCUT2D eigenvalue weighted by Crippen LogP contribution is 2.41. The molecule has 1 saturated carbocycles. The first-order chi connectivity index (χ1) is 15.9. The third-order valence-electron chi connectivity index (χ3n) is 7.70. The van der Waals surface area contributed by atoms with Crippen molar-refractivity contribution in [2.45, 2.75) is 56.7 Å². The second-order valence-corrected chi connectivity index (χ2v) is 10.3. The van der Waals surface area contributed by atoms with Crippen molar-refractivity contribution >= 4 is 11.7 Å². The van der Waals surface area contributed by atoms with Gasteiger partial charge in [0.1, 0.15) is 12.3 Å². The molecular weight excluding hydrogens is 416 g/mol. The lowest BCUT2D eigenvalue weighted by atomic mass is 9.75. The van der Waals surface area contributed by atoms with E-state index in [9.17, 15) is 9.90 Å². The van der Waals surface area contributed by atoms with Crippen molar-refractivity contribution in [2.75, 3.05) is 45.2 Å². The fourth-order valence-electron chi connectivity index (χ4n) is 5.66. The molecule has 2 unspecified atom stereocenters. The number of aliphatic hydroxyl groups is 1. The van der Waals surface area contributed by atoms with E-state index in [1.54, 1.807) is 12.1 Å². The lowest BCUT2D eigenvalue weighted by Gasteiger charge is -2.35. The van der Waals surface area contributed by atoms with Gasteiger partial charge in [-0.25, -0.2) is 4.79 Å². The van der Waals surface area contributed by atoms with Gasteiger partial charge in [0.2, 0.25) is 5.60 Å². The summed E-state index contributed by atoms with van der Waals surface area (Å²) in [5.41, 5.74) is -0.456. The fourth-order valence-corrected chi connectivity index (χ4v) is 5.66. The molecule has 0 bridgehead atoms. The molecule has 3 atom stereocenters. The molecule has 33 heavy (non-hydrogen) atoms. The second-order valence-electron chi connectivity index (χ2n) is 10.3. The van der Waals surface area contributed by atoms with Gasteiger partial charge in [-0.05, 0) is 37.1 Å². The average molecular weight is 456 g/mol. The topological polar surface area (TPSA) is 62.9 Å². The Morgan fingerprint density at radius 3 is 2.61 bits per heavy atom. The molecule has 1 N–H and O–H groups in total. The van der Waals surface area contributed by atoms with Gasteiger partial charge in [0.15, 0.2) is 6.10 Å². The summed E-state index contributed by atoms with van der Waals surface area (Å²) in [6.07, 6.45) is 8.09. The number of para-hydroxylation sites is 1. The van der Waals surface area contributed by atoms with E-state index in [1.165, 1.54) is 12.0 Å². The van der Waals surface area contributed by atoms with Crippen LogP contribution >= 0.6 is 0 Å². The van der Waals surface area contributed by atoms with Gasteiger partial charge in [0, 0.05) is 38.0 Å². The second kappa shape index (κ2) is 10.3. The SMILES string of the molecule is CN(CCC[N+]1(C)CC[C@@H](OC(=O)C(O)(c2ccco2)C2CCCCC2)C1)c1ccccc1. The Morgan fingerprint density at radius 2 is 1.91 bits per heavy atom. The standard InChI is InChI=1S/C27H39N2O4/c1-28(23-13-7-4-8-14-23)17-10-18-29(2)19-16-24(21-29)33-26(30)27(31,25-15-9-20-32-25)22-11-5-3-6-12-22/h4,7-9,13-15,20,22,24,31H,3,5-6,10-12,16-19,21H2,1-2H3/q+1/t24-,27?,29?/m1/s1. The van der Waals surface area contributed by atoms with Crippen molar-refractivity contribution < 1.29 is 23.5 Å². The van der Waals surface area contributed by atoms with E-state index in [2.05, 4.69) is 43.3 Å². The Morgan fingerprint density at radius 1 is 1.15 bits per heavy atom. The number of likely N-dealkylation sites (tertiary alicyclic amines) is 1. The molecule has 6 heteroatoms. The number of likely N-dealkylation sites (N-methyl/N-ethyl adjacent to an activating group) is 1. The molecule has 1 saturated heterocycles. The van der Waals surface area contributed by atoms with Gasteiger partial charge in [-0.1, -0.05) is 37.5 Å². The highest BCUT2D eigenvalue weighted by atomic mass is 16.6. The molecule has 2 heterocycles. The number of esters is 1. The number of furan rings is 1. The van der Waals surface area contributed by atoms with Gasteiger partial charge < -0.3 is 23.6 Å². The first kappa shape index (κ1) is 23.8. The first-order valence-electron chi connectivity index (χ1n) is 12.5. The number of benzene rings is 1. The predicted octanol–water partition coefficient (Wildman–Crippen LogP) is 4.34. The van der Waals surface area contributed by atoms with Crippen molar-refractivity contribution in [1.29, 1.82) is 0 Å². The van der Waals surface area contributed by atoms with Gasteiger partial charge in [0.25, 0.3) is 0 Å². The summed E-state index contributed by atoms with van der Waals surface area (Å²) < 4.78 is 12.4. The first-order valence-corrected chi connectivity index (χ1v) is 12.5. The third-order valence-corrected chi connectivity index (χ3v) is 7.70. The van der Waals surface area contributed by atoms with Gasteiger partial charge in [-0.2, -0.15) is 0 Å². The van der Waals surface area contributed by atoms with Crippen LogP contribution in [0.25, 0.3) is 0 Å². The molecular formula is C27H39N2O4+. The van der Waals surface area contributed by atoms with Crippen molar-refractivity contribution in [3.63, 3.8) is 0 Å². The molecule has 1 aliphatic heterocycles. The van der Waals surface area contributed by atoms with E-state index in [1.807, 2.05) is 6.07 Å². The van der Waals surface area contributed by atoms with E-state index >= 15 is 0 Å². The number of nitrogens with zero attached hydrogens (tertiary/aromatic N) is 2. The van der Waals surface area contributed by atoms with Crippen molar-refractivity contribution in [3.05, 3.63) is 54.5 Å². The molecule has 0 amide bonds. The maximum absolute atomic E-state index is 13.3. The molecule has 2 fully saturated rings. The maximum atomic E-state index is 13.3. The average Bonchev–Trinajstić information content (AvgIpc) is 3.50.